The van der Waals surface area contributed by atoms with Gasteiger partial charge in [-0.25, -0.2) is 0 Å². The van der Waals surface area contributed by atoms with Crippen molar-refractivity contribution in [1.82, 2.24) is 4.90 Å². The average molecular weight is 344 g/mol. The topological polar surface area (TPSA) is 60.9 Å². The van der Waals surface area contributed by atoms with Gasteiger partial charge in [0.15, 0.2) is 0 Å². The van der Waals surface area contributed by atoms with Crippen LogP contribution in [0, 0.1) is 0 Å². The van der Waals surface area contributed by atoms with Gasteiger partial charge in [0.1, 0.15) is 0 Å². The molecular weight excluding hydrogens is 319 g/mol. The van der Waals surface area contributed by atoms with Crippen LogP contribution in [-0.2, 0) is 37.4 Å². The molecule has 1 aliphatic heterocycles. The molecule has 0 bridgehead atoms. The first-order valence-electron chi connectivity index (χ1n) is 6.61. The Kier molecular flexibility index (Phi) is 12.6. The second-order valence-corrected chi connectivity index (χ2v) is 4.79. The van der Waals surface area contributed by atoms with Crippen molar-refractivity contribution in [2.24, 2.45) is 0 Å². The average Bonchev–Trinajstić information content (AvgIpc) is 2.80. The van der Waals surface area contributed by atoms with E-state index in [1.807, 2.05) is 6.08 Å². The first kappa shape index (κ1) is 19.5. The zero-order valence-corrected chi connectivity index (χ0v) is 14.9. The SMILES string of the molecule is CN(C)CCC[N-]C/C=C\[N-]C1CCC(CO)O1.[Y]. The first-order chi connectivity index (χ1) is 8.72. The van der Waals surface area contributed by atoms with E-state index in [0.717, 1.165) is 32.4 Å². The van der Waals surface area contributed by atoms with Crippen LogP contribution in [0.5, 0.6) is 0 Å². The molecule has 0 saturated carbocycles. The van der Waals surface area contributed by atoms with Crippen molar-refractivity contribution in [2.45, 2.75) is 31.6 Å². The minimum absolute atomic E-state index is 0. The van der Waals surface area contributed by atoms with Crippen molar-refractivity contribution < 1.29 is 42.6 Å². The van der Waals surface area contributed by atoms with Gasteiger partial charge < -0.3 is 25.4 Å². The van der Waals surface area contributed by atoms with Gasteiger partial charge >= 0.3 is 0 Å². The summed E-state index contributed by atoms with van der Waals surface area (Å²) >= 11 is 0. The Morgan fingerprint density at radius 3 is 2.79 bits per heavy atom. The second kappa shape index (κ2) is 12.2. The number of ether oxygens (including phenoxy) is 1. The van der Waals surface area contributed by atoms with Gasteiger partial charge in [0.25, 0.3) is 0 Å². The van der Waals surface area contributed by atoms with Crippen LogP contribution in [0.1, 0.15) is 19.3 Å². The van der Waals surface area contributed by atoms with E-state index in [-0.39, 0.29) is 51.6 Å². The molecular formula is C13H25N3O2Y-2. The molecule has 1 heterocycles. The zero-order chi connectivity index (χ0) is 13.2. The molecule has 1 fully saturated rings. The smallest absolute Gasteiger partial charge is 0.0789 e. The molecule has 19 heavy (non-hydrogen) atoms. The fourth-order valence-electron chi connectivity index (χ4n) is 1.80. The summed E-state index contributed by atoms with van der Waals surface area (Å²) in [6, 6.07) is 0. The van der Waals surface area contributed by atoms with Crippen LogP contribution < -0.4 is 0 Å². The van der Waals surface area contributed by atoms with E-state index in [1.165, 1.54) is 0 Å². The maximum absolute atomic E-state index is 8.91. The predicted molar refractivity (Wildman–Crippen MR) is 73.7 cm³/mol. The van der Waals surface area contributed by atoms with Gasteiger partial charge in [-0.1, -0.05) is 6.42 Å². The summed E-state index contributed by atoms with van der Waals surface area (Å²) in [6.45, 7) is 2.79. The van der Waals surface area contributed by atoms with Gasteiger partial charge in [-0.15, -0.1) is 19.2 Å². The fourth-order valence-corrected chi connectivity index (χ4v) is 1.80. The molecule has 0 aromatic rings. The van der Waals surface area contributed by atoms with Crippen LogP contribution in [0.15, 0.2) is 12.3 Å². The van der Waals surface area contributed by atoms with E-state index >= 15 is 0 Å². The monoisotopic (exact) mass is 344 g/mol. The van der Waals surface area contributed by atoms with Crippen molar-refractivity contribution >= 4 is 0 Å². The third kappa shape index (κ3) is 9.94. The van der Waals surface area contributed by atoms with Gasteiger partial charge in [0, 0.05) is 32.7 Å². The molecule has 1 N–H and O–H groups in total. The van der Waals surface area contributed by atoms with E-state index in [0.29, 0.717) is 6.54 Å². The Bertz CT molecular complexity index is 240. The minimum Gasteiger partial charge on any atom is -0.666 e. The minimum atomic E-state index is -0.0767. The van der Waals surface area contributed by atoms with Crippen LogP contribution >= 0.6 is 0 Å². The molecule has 2 unspecified atom stereocenters. The Labute approximate surface area is 142 Å². The van der Waals surface area contributed by atoms with Crippen molar-refractivity contribution in [3.63, 3.8) is 0 Å². The van der Waals surface area contributed by atoms with Gasteiger partial charge in [0.2, 0.25) is 0 Å². The molecule has 0 aromatic heterocycles. The number of rotatable bonds is 9. The summed E-state index contributed by atoms with van der Waals surface area (Å²) in [5.74, 6) is 0. The number of nitrogens with zero attached hydrogens (tertiary/aromatic N) is 3. The van der Waals surface area contributed by atoms with Crippen LogP contribution in [0.3, 0.4) is 0 Å². The van der Waals surface area contributed by atoms with E-state index in [4.69, 9.17) is 9.84 Å². The van der Waals surface area contributed by atoms with Crippen LogP contribution in [0.2, 0.25) is 0 Å². The first-order valence-corrected chi connectivity index (χ1v) is 6.61. The van der Waals surface area contributed by atoms with Gasteiger partial charge in [-0.2, -0.15) is 6.20 Å². The molecule has 1 rings (SSSR count). The molecule has 1 aliphatic rings. The number of aliphatic hydroxyl groups is 1. The van der Waals surface area contributed by atoms with E-state index in [1.54, 1.807) is 6.20 Å². The Morgan fingerprint density at radius 1 is 1.37 bits per heavy atom. The maximum atomic E-state index is 8.91. The normalized spacial score (nSPS) is 22.9. The molecule has 6 heteroatoms. The molecule has 0 spiro atoms. The zero-order valence-electron chi connectivity index (χ0n) is 12.0. The number of hydrogen-bond acceptors (Lipinski definition) is 3. The fraction of sp³-hybridized carbons (Fsp3) is 0.846. The quantitative estimate of drug-likeness (QED) is 0.648. The Hall–Kier alpha value is 0.484. The van der Waals surface area contributed by atoms with Crippen molar-refractivity contribution in [3.05, 3.63) is 22.9 Å². The maximum Gasteiger partial charge on any atom is 0.0789 e. The summed E-state index contributed by atoms with van der Waals surface area (Å²) in [5.41, 5.74) is 0. The van der Waals surface area contributed by atoms with Gasteiger partial charge in [-0.05, 0) is 39.7 Å². The summed E-state index contributed by atoms with van der Waals surface area (Å²) in [4.78, 5) is 2.16. The van der Waals surface area contributed by atoms with E-state index < -0.39 is 0 Å². The second-order valence-electron chi connectivity index (χ2n) is 4.79. The molecule has 2 atom stereocenters. The van der Waals surface area contributed by atoms with Crippen LogP contribution in [0.25, 0.3) is 10.6 Å². The molecule has 109 valence electrons. The molecule has 5 nitrogen and oxygen atoms in total. The summed E-state index contributed by atoms with van der Waals surface area (Å²) in [6.07, 6.45) is 6.52. The largest absolute Gasteiger partial charge is 0.666 e. The standard InChI is InChI=1S/C13H25N3O2.Y/c1-16(2)10-4-8-14-7-3-9-15-13-6-5-12(11-17)18-13;/h3,9,12-13,17H,4-8,10-11H2,1-2H3;/q-2;/b9-3-;. The molecule has 0 aromatic carbocycles. The van der Waals surface area contributed by atoms with Gasteiger partial charge in [-0.3, -0.25) is 0 Å². The summed E-state index contributed by atoms with van der Waals surface area (Å²) < 4.78 is 5.48. The van der Waals surface area contributed by atoms with Crippen LogP contribution in [-0.4, -0.2) is 62.7 Å². The summed E-state index contributed by atoms with van der Waals surface area (Å²) in [7, 11) is 4.14. The van der Waals surface area contributed by atoms with Gasteiger partial charge in [0.05, 0.1) is 12.7 Å². The predicted octanol–water partition coefficient (Wildman–Crippen LogP) is 1.69. The Balaban J connectivity index is 0.00000324. The van der Waals surface area contributed by atoms with E-state index in [2.05, 4.69) is 29.6 Å². The van der Waals surface area contributed by atoms with Crippen LogP contribution in [0.4, 0.5) is 0 Å². The van der Waals surface area contributed by atoms with Crippen molar-refractivity contribution in [1.29, 1.82) is 0 Å². The van der Waals surface area contributed by atoms with Crippen molar-refractivity contribution in [2.75, 3.05) is 40.3 Å². The van der Waals surface area contributed by atoms with Crippen molar-refractivity contribution in [3.8, 4) is 0 Å². The Morgan fingerprint density at radius 2 is 2.16 bits per heavy atom. The molecule has 0 aliphatic carbocycles. The third-order valence-electron chi connectivity index (χ3n) is 2.80. The number of aliphatic hydroxyl groups excluding tert-OH is 1. The number of hydrogen-bond donors (Lipinski definition) is 1. The molecule has 1 saturated heterocycles. The summed E-state index contributed by atoms with van der Waals surface area (Å²) in [5, 5.41) is 17.6. The third-order valence-corrected chi connectivity index (χ3v) is 2.80. The molecule has 1 radical (unpaired) electrons. The van der Waals surface area contributed by atoms with E-state index in [9.17, 15) is 0 Å². The molecule has 0 amide bonds.